The topological polar surface area (TPSA) is 50.4 Å². The Morgan fingerprint density at radius 3 is 2.93 bits per heavy atom. The Labute approximate surface area is 89.3 Å². The van der Waals surface area contributed by atoms with Crippen LogP contribution in [0.15, 0.2) is 27.7 Å². The first-order valence-corrected chi connectivity index (χ1v) is 4.97. The minimum atomic E-state index is -0.248. The van der Waals surface area contributed by atoms with Gasteiger partial charge in [-0.1, -0.05) is 22.0 Å². The fraction of sp³-hybridized carbons (Fsp3) is 0.222. The second kappa shape index (κ2) is 3.57. The molecule has 0 aromatic heterocycles. The number of rotatable bonds is 1. The lowest BCUT2D eigenvalue weighted by molar-refractivity contribution is 0.576. The quantitative estimate of drug-likeness (QED) is 0.802. The van der Waals surface area contributed by atoms with Crippen molar-refractivity contribution in [3.05, 3.63) is 34.1 Å². The number of benzene rings is 1. The van der Waals surface area contributed by atoms with Gasteiger partial charge in [0.25, 0.3) is 0 Å². The van der Waals surface area contributed by atoms with Gasteiger partial charge in [0.15, 0.2) is 5.96 Å². The van der Waals surface area contributed by atoms with Crippen LogP contribution in [0.5, 0.6) is 0 Å². The molecule has 0 aliphatic carbocycles. The number of hydrogen-bond donors (Lipinski definition) is 2. The first-order chi connectivity index (χ1) is 6.66. The Hall–Kier alpha value is -1.10. The molecule has 2 rings (SSSR count). The Morgan fingerprint density at radius 1 is 1.57 bits per heavy atom. The van der Waals surface area contributed by atoms with Crippen LogP contribution < -0.4 is 11.1 Å². The van der Waals surface area contributed by atoms with Crippen molar-refractivity contribution in [1.29, 1.82) is 0 Å². The van der Waals surface area contributed by atoms with Gasteiger partial charge in [-0.25, -0.2) is 4.39 Å². The van der Waals surface area contributed by atoms with E-state index in [1.165, 1.54) is 6.07 Å². The average molecular weight is 258 g/mol. The number of guanidine groups is 1. The van der Waals surface area contributed by atoms with Crippen LogP contribution in [-0.2, 0) is 0 Å². The average Bonchev–Trinajstić information content (AvgIpc) is 2.51. The van der Waals surface area contributed by atoms with Crippen LogP contribution in [0, 0.1) is 5.82 Å². The first-order valence-electron chi connectivity index (χ1n) is 4.18. The van der Waals surface area contributed by atoms with Crippen molar-refractivity contribution >= 4 is 21.9 Å². The summed E-state index contributed by atoms with van der Waals surface area (Å²) in [4.78, 5) is 3.96. The van der Waals surface area contributed by atoms with E-state index in [-0.39, 0.29) is 11.9 Å². The van der Waals surface area contributed by atoms with E-state index in [0.29, 0.717) is 18.1 Å². The molecule has 0 saturated carbocycles. The normalized spacial score (nSPS) is 20.4. The van der Waals surface area contributed by atoms with E-state index in [2.05, 4.69) is 26.2 Å². The predicted octanol–water partition coefficient (Wildman–Crippen LogP) is 1.55. The third-order valence-corrected chi connectivity index (χ3v) is 2.60. The maximum atomic E-state index is 13.5. The summed E-state index contributed by atoms with van der Waals surface area (Å²) in [5, 5.41) is 2.90. The molecule has 74 valence electrons. The summed E-state index contributed by atoms with van der Waals surface area (Å²) in [6.07, 6.45) is 0. The zero-order valence-electron chi connectivity index (χ0n) is 7.30. The molecule has 1 aromatic carbocycles. The standard InChI is InChI=1S/C9H9BrFN3/c10-5-1-2-6(7(11)3-5)8-4-13-9(12)14-8/h1-3,8H,4H2,(H3,12,13,14). The molecule has 3 nitrogen and oxygen atoms in total. The lowest BCUT2D eigenvalue weighted by Gasteiger charge is -2.11. The lowest BCUT2D eigenvalue weighted by atomic mass is 10.1. The molecule has 5 heteroatoms. The molecule has 1 aliphatic rings. The van der Waals surface area contributed by atoms with Crippen LogP contribution in [0.3, 0.4) is 0 Å². The number of hydrogen-bond acceptors (Lipinski definition) is 3. The molecule has 0 fully saturated rings. The molecule has 1 aliphatic heterocycles. The molecule has 1 unspecified atom stereocenters. The van der Waals surface area contributed by atoms with E-state index in [1.807, 2.05) is 0 Å². The molecule has 3 N–H and O–H groups in total. The van der Waals surface area contributed by atoms with Gasteiger partial charge in [-0.05, 0) is 12.1 Å². The van der Waals surface area contributed by atoms with Crippen LogP contribution in [0.2, 0.25) is 0 Å². The van der Waals surface area contributed by atoms with E-state index in [0.717, 1.165) is 4.47 Å². The van der Waals surface area contributed by atoms with Crippen LogP contribution in [0.25, 0.3) is 0 Å². The van der Waals surface area contributed by atoms with E-state index < -0.39 is 0 Å². The Kier molecular flexibility index (Phi) is 2.41. The van der Waals surface area contributed by atoms with Gasteiger partial charge < -0.3 is 11.1 Å². The van der Waals surface area contributed by atoms with Gasteiger partial charge in [-0.2, -0.15) is 0 Å². The molecule has 0 amide bonds. The molecule has 14 heavy (non-hydrogen) atoms. The van der Waals surface area contributed by atoms with Crippen molar-refractivity contribution in [1.82, 2.24) is 5.32 Å². The monoisotopic (exact) mass is 257 g/mol. The highest BCUT2D eigenvalue weighted by atomic mass is 79.9. The zero-order valence-corrected chi connectivity index (χ0v) is 8.88. The molecule has 0 radical (unpaired) electrons. The summed E-state index contributed by atoms with van der Waals surface area (Å²) in [6, 6.07) is 4.83. The zero-order chi connectivity index (χ0) is 10.1. The number of halogens is 2. The second-order valence-electron chi connectivity index (χ2n) is 3.09. The summed E-state index contributed by atoms with van der Waals surface area (Å²) in [5.41, 5.74) is 6.04. The first kappa shape index (κ1) is 9.45. The van der Waals surface area contributed by atoms with Gasteiger partial charge in [0, 0.05) is 10.0 Å². The van der Waals surface area contributed by atoms with Crippen LogP contribution in [0.1, 0.15) is 11.6 Å². The molecule has 0 saturated heterocycles. The van der Waals surface area contributed by atoms with E-state index >= 15 is 0 Å². The van der Waals surface area contributed by atoms with Crippen LogP contribution in [0.4, 0.5) is 4.39 Å². The Balaban J connectivity index is 2.25. The Morgan fingerprint density at radius 2 is 2.36 bits per heavy atom. The van der Waals surface area contributed by atoms with E-state index in [4.69, 9.17) is 5.73 Å². The van der Waals surface area contributed by atoms with Gasteiger partial charge in [-0.15, -0.1) is 0 Å². The molecule has 1 aromatic rings. The third-order valence-electron chi connectivity index (χ3n) is 2.10. The lowest BCUT2D eigenvalue weighted by Crippen LogP contribution is -2.29. The maximum Gasteiger partial charge on any atom is 0.189 e. The smallest absolute Gasteiger partial charge is 0.189 e. The number of aliphatic imine (C=N–C) groups is 1. The Bertz CT molecular complexity index is 392. The maximum absolute atomic E-state index is 13.5. The third kappa shape index (κ3) is 1.72. The van der Waals surface area contributed by atoms with Gasteiger partial charge in [-0.3, -0.25) is 4.99 Å². The second-order valence-corrected chi connectivity index (χ2v) is 4.00. The SMILES string of the molecule is NC1=NCC(c2ccc(Br)cc2F)N1. The van der Waals surface area contributed by atoms with Crippen LogP contribution in [-0.4, -0.2) is 12.5 Å². The molecule has 1 atom stereocenters. The molecule has 0 bridgehead atoms. The fourth-order valence-electron chi connectivity index (χ4n) is 1.42. The van der Waals surface area contributed by atoms with E-state index in [9.17, 15) is 4.39 Å². The van der Waals surface area contributed by atoms with Gasteiger partial charge >= 0.3 is 0 Å². The number of nitrogens with zero attached hydrogens (tertiary/aromatic N) is 1. The van der Waals surface area contributed by atoms with Crippen molar-refractivity contribution < 1.29 is 4.39 Å². The van der Waals surface area contributed by atoms with Crippen molar-refractivity contribution in [2.45, 2.75) is 6.04 Å². The van der Waals surface area contributed by atoms with Gasteiger partial charge in [0.2, 0.25) is 0 Å². The minimum absolute atomic E-state index is 0.136. The minimum Gasteiger partial charge on any atom is -0.370 e. The summed E-state index contributed by atoms with van der Waals surface area (Å²) < 4.78 is 14.2. The summed E-state index contributed by atoms with van der Waals surface area (Å²) >= 11 is 3.20. The highest BCUT2D eigenvalue weighted by molar-refractivity contribution is 9.10. The van der Waals surface area contributed by atoms with Crippen molar-refractivity contribution in [2.75, 3.05) is 6.54 Å². The fourth-order valence-corrected chi connectivity index (χ4v) is 1.75. The molecular formula is C9H9BrFN3. The number of nitrogens with two attached hydrogens (primary N) is 1. The van der Waals surface area contributed by atoms with Crippen LogP contribution >= 0.6 is 15.9 Å². The van der Waals surface area contributed by atoms with Crippen molar-refractivity contribution in [3.8, 4) is 0 Å². The van der Waals surface area contributed by atoms with Crippen molar-refractivity contribution in [2.24, 2.45) is 10.7 Å². The summed E-state index contributed by atoms with van der Waals surface area (Å²) in [7, 11) is 0. The highest BCUT2D eigenvalue weighted by Gasteiger charge is 2.20. The highest BCUT2D eigenvalue weighted by Crippen LogP contribution is 2.22. The summed E-state index contributed by atoms with van der Waals surface area (Å²) in [6.45, 7) is 0.490. The van der Waals surface area contributed by atoms with Gasteiger partial charge in [0.05, 0.1) is 12.6 Å². The molecule has 1 heterocycles. The van der Waals surface area contributed by atoms with Crippen molar-refractivity contribution in [3.63, 3.8) is 0 Å². The molecule has 0 spiro atoms. The number of nitrogens with one attached hydrogen (secondary N) is 1. The largest absolute Gasteiger partial charge is 0.370 e. The summed E-state index contributed by atoms with van der Waals surface area (Å²) in [5.74, 6) is 0.124. The van der Waals surface area contributed by atoms with E-state index in [1.54, 1.807) is 12.1 Å². The molecular weight excluding hydrogens is 249 g/mol. The predicted molar refractivity (Wildman–Crippen MR) is 56.5 cm³/mol. The van der Waals surface area contributed by atoms with Gasteiger partial charge in [0.1, 0.15) is 5.82 Å².